The molecule has 2 aromatic rings. The van der Waals surface area contributed by atoms with Crippen LogP contribution in [0.2, 0.25) is 0 Å². The molecule has 0 spiro atoms. The highest BCUT2D eigenvalue weighted by molar-refractivity contribution is 5.81. The number of ether oxygens (including phenoxy) is 2. The Balaban J connectivity index is 1.94. The van der Waals surface area contributed by atoms with Crippen molar-refractivity contribution >= 4 is 5.91 Å². The molecule has 3 rings (SSSR count). The fourth-order valence-electron chi connectivity index (χ4n) is 3.68. The number of benzene rings is 2. The van der Waals surface area contributed by atoms with Gasteiger partial charge >= 0.3 is 0 Å². The van der Waals surface area contributed by atoms with E-state index in [2.05, 4.69) is 0 Å². The van der Waals surface area contributed by atoms with Crippen LogP contribution in [0.15, 0.2) is 42.5 Å². The summed E-state index contributed by atoms with van der Waals surface area (Å²) in [4.78, 5) is 14.6. The smallest absolute Gasteiger partial charge is 0.226 e. The maximum atomic E-state index is 14.7. The van der Waals surface area contributed by atoms with E-state index in [1.807, 2.05) is 45.0 Å². The van der Waals surface area contributed by atoms with Gasteiger partial charge < -0.3 is 14.4 Å². The van der Waals surface area contributed by atoms with E-state index in [1.165, 1.54) is 6.07 Å². The Labute approximate surface area is 159 Å². The summed E-state index contributed by atoms with van der Waals surface area (Å²) in [6, 6.07) is 12.2. The van der Waals surface area contributed by atoms with Crippen LogP contribution in [0.4, 0.5) is 4.39 Å². The van der Waals surface area contributed by atoms with Crippen molar-refractivity contribution in [3.8, 4) is 11.5 Å². The van der Waals surface area contributed by atoms with Gasteiger partial charge in [-0.15, -0.1) is 0 Å². The van der Waals surface area contributed by atoms with Gasteiger partial charge in [0.1, 0.15) is 17.3 Å². The van der Waals surface area contributed by atoms with E-state index < -0.39 is 0 Å². The predicted molar refractivity (Wildman–Crippen MR) is 102 cm³/mol. The highest BCUT2D eigenvalue weighted by Crippen LogP contribution is 2.42. The lowest BCUT2D eigenvalue weighted by atomic mass is 9.99. The molecule has 1 heterocycles. The van der Waals surface area contributed by atoms with Crippen LogP contribution in [-0.4, -0.2) is 24.0 Å². The Kier molecular flexibility index (Phi) is 5.99. The van der Waals surface area contributed by atoms with Gasteiger partial charge in [0, 0.05) is 12.5 Å². The van der Waals surface area contributed by atoms with Gasteiger partial charge in [0.2, 0.25) is 5.91 Å². The fraction of sp³-hybridized carbons (Fsp3) is 0.409. The number of hydrogen-bond donors (Lipinski definition) is 0. The van der Waals surface area contributed by atoms with Crippen LogP contribution in [0.25, 0.3) is 0 Å². The quantitative estimate of drug-likeness (QED) is 0.706. The topological polar surface area (TPSA) is 38.8 Å². The SMILES string of the molecule is CCOc1cccc(CN2C(=O)C(C)CC2c2c(F)cccc2OCC)c1. The van der Waals surface area contributed by atoms with E-state index >= 15 is 0 Å². The minimum Gasteiger partial charge on any atom is -0.494 e. The zero-order valence-corrected chi connectivity index (χ0v) is 16.1. The lowest BCUT2D eigenvalue weighted by Gasteiger charge is -2.27. The molecule has 0 N–H and O–H groups in total. The molecule has 1 saturated heterocycles. The lowest BCUT2D eigenvalue weighted by Crippen LogP contribution is -2.29. The van der Waals surface area contributed by atoms with Gasteiger partial charge in [-0.1, -0.05) is 25.1 Å². The second-order valence-electron chi connectivity index (χ2n) is 6.78. The number of hydrogen-bond acceptors (Lipinski definition) is 3. The molecule has 0 aliphatic carbocycles. The zero-order valence-electron chi connectivity index (χ0n) is 16.1. The molecule has 2 unspecified atom stereocenters. The molecule has 0 aromatic heterocycles. The molecular weight excluding hydrogens is 345 g/mol. The molecule has 0 radical (unpaired) electrons. The minimum atomic E-state index is -0.342. The summed E-state index contributed by atoms with van der Waals surface area (Å²) in [7, 11) is 0. The zero-order chi connectivity index (χ0) is 19.4. The summed E-state index contributed by atoms with van der Waals surface area (Å²) >= 11 is 0. The molecule has 2 atom stereocenters. The third-order valence-electron chi connectivity index (χ3n) is 4.87. The van der Waals surface area contributed by atoms with Gasteiger partial charge in [-0.05, 0) is 50.1 Å². The molecule has 1 aliphatic heterocycles. The number of nitrogens with zero attached hydrogens (tertiary/aromatic N) is 1. The average molecular weight is 371 g/mol. The van der Waals surface area contributed by atoms with Crippen LogP contribution in [0.5, 0.6) is 11.5 Å². The van der Waals surface area contributed by atoms with Crippen LogP contribution in [0.3, 0.4) is 0 Å². The highest BCUT2D eigenvalue weighted by Gasteiger charge is 2.40. The van der Waals surface area contributed by atoms with Gasteiger partial charge in [0.25, 0.3) is 0 Å². The summed E-state index contributed by atoms with van der Waals surface area (Å²) in [6.07, 6.45) is 0.574. The van der Waals surface area contributed by atoms with Crippen molar-refractivity contribution in [3.63, 3.8) is 0 Å². The second-order valence-corrected chi connectivity index (χ2v) is 6.78. The number of halogens is 1. The largest absolute Gasteiger partial charge is 0.494 e. The molecule has 2 aromatic carbocycles. The molecule has 1 aliphatic rings. The summed E-state index contributed by atoms with van der Waals surface area (Å²) in [5.41, 5.74) is 1.43. The van der Waals surface area contributed by atoms with Crippen LogP contribution < -0.4 is 9.47 Å². The maximum absolute atomic E-state index is 14.7. The highest BCUT2D eigenvalue weighted by atomic mass is 19.1. The van der Waals surface area contributed by atoms with E-state index in [1.54, 1.807) is 17.0 Å². The van der Waals surface area contributed by atoms with Crippen molar-refractivity contribution in [2.24, 2.45) is 5.92 Å². The summed E-state index contributed by atoms with van der Waals surface area (Å²) in [5, 5.41) is 0. The Morgan fingerprint density at radius 1 is 1.11 bits per heavy atom. The first-order valence-electron chi connectivity index (χ1n) is 9.48. The summed E-state index contributed by atoms with van der Waals surface area (Å²) in [5.74, 6) is 0.831. The van der Waals surface area contributed by atoms with Crippen LogP contribution in [0, 0.1) is 11.7 Å². The first kappa shape index (κ1) is 19.2. The molecule has 27 heavy (non-hydrogen) atoms. The van der Waals surface area contributed by atoms with E-state index in [9.17, 15) is 9.18 Å². The molecule has 5 heteroatoms. The Bertz CT molecular complexity index is 808. The Hall–Kier alpha value is -2.56. The van der Waals surface area contributed by atoms with E-state index in [0.717, 1.165) is 11.3 Å². The molecule has 4 nitrogen and oxygen atoms in total. The van der Waals surface area contributed by atoms with Crippen LogP contribution >= 0.6 is 0 Å². The molecular formula is C22H26FNO3. The summed E-state index contributed by atoms with van der Waals surface area (Å²) < 4.78 is 25.9. The predicted octanol–water partition coefficient (Wildman–Crippen LogP) is 4.73. The first-order valence-corrected chi connectivity index (χ1v) is 9.48. The van der Waals surface area contributed by atoms with Crippen molar-refractivity contribution in [1.29, 1.82) is 0 Å². The van der Waals surface area contributed by atoms with Crippen LogP contribution in [-0.2, 0) is 11.3 Å². The minimum absolute atomic E-state index is 0.0347. The Morgan fingerprint density at radius 2 is 1.85 bits per heavy atom. The monoisotopic (exact) mass is 371 g/mol. The first-order chi connectivity index (χ1) is 13.0. The molecule has 0 bridgehead atoms. The van der Waals surface area contributed by atoms with Crippen molar-refractivity contribution in [1.82, 2.24) is 4.90 Å². The van der Waals surface area contributed by atoms with Crippen LogP contribution in [0.1, 0.15) is 44.4 Å². The lowest BCUT2D eigenvalue weighted by molar-refractivity contribution is -0.132. The van der Waals surface area contributed by atoms with Crippen molar-refractivity contribution in [2.75, 3.05) is 13.2 Å². The van der Waals surface area contributed by atoms with Gasteiger partial charge in [-0.3, -0.25) is 4.79 Å². The molecule has 1 amide bonds. The molecule has 144 valence electrons. The van der Waals surface area contributed by atoms with Gasteiger partial charge in [0.15, 0.2) is 0 Å². The van der Waals surface area contributed by atoms with E-state index in [4.69, 9.17) is 9.47 Å². The van der Waals surface area contributed by atoms with Crippen molar-refractivity contribution in [2.45, 2.75) is 39.8 Å². The second kappa shape index (κ2) is 8.42. The number of likely N-dealkylation sites (tertiary alicyclic amines) is 1. The van der Waals surface area contributed by atoms with Gasteiger partial charge in [-0.25, -0.2) is 4.39 Å². The summed E-state index contributed by atoms with van der Waals surface area (Å²) in [6.45, 7) is 7.14. The molecule has 0 saturated carbocycles. The maximum Gasteiger partial charge on any atom is 0.226 e. The van der Waals surface area contributed by atoms with Crippen molar-refractivity contribution in [3.05, 3.63) is 59.4 Å². The number of carbonyl (C=O) groups is 1. The average Bonchev–Trinajstić information content (AvgIpc) is 2.91. The third-order valence-corrected chi connectivity index (χ3v) is 4.87. The Morgan fingerprint density at radius 3 is 2.59 bits per heavy atom. The fourth-order valence-corrected chi connectivity index (χ4v) is 3.68. The number of amides is 1. The van der Waals surface area contributed by atoms with Gasteiger partial charge in [0.05, 0.1) is 24.8 Å². The molecule has 1 fully saturated rings. The van der Waals surface area contributed by atoms with Crippen molar-refractivity contribution < 1.29 is 18.7 Å². The number of carbonyl (C=O) groups excluding carboxylic acids is 1. The normalized spacial score (nSPS) is 19.4. The van der Waals surface area contributed by atoms with Gasteiger partial charge in [-0.2, -0.15) is 0 Å². The van der Waals surface area contributed by atoms with E-state index in [0.29, 0.717) is 37.5 Å². The standard InChI is InChI=1S/C22H26FNO3/c1-4-26-17-9-6-8-16(13-17)14-24-19(12-15(3)22(24)25)21-18(23)10-7-11-20(21)27-5-2/h6-11,13,15,19H,4-5,12,14H2,1-3H3. The van der Waals surface area contributed by atoms with E-state index in [-0.39, 0.29) is 23.7 Å². The third kappa shape index (κ3) is 4.07. The number of rotatable bonds is 7.